The van der Waals surface area contributed by atoms with Crippen molar-refractivity contribution >= 4 is 17.6 Å². The highest BCUT2D eigenvalue weighted by molar-refractivity contribution is 6.05. The third-order valence-electron chi connectivity index (χ3n) is 3.19. The van der Waals surface area contributed by atoms with Crippen molar-refractivity contribution in [2.45, 2.75) is 13.8 Å². The van der Waals surface area contributed by atoms with Crippen LogP contribution in [0.15, 0.2) is 42.5 Å². The maximum Gasteiger partial charge on any atom is 0.337 e. The molecule has 0 bridgehead atoms. The third kappa shape index (κ3) is 3.48. The molecular formula is C17H17NO3. The van der Waals surface area contributed by atoms with E-state index in [0.717, 1.165) is 11.1 Å². The molecule has 108 valence electrons. The van der Waals surface area contributed by atoms with Gasteiger partial charge in [0.05, 0.1) is 12.7 Å². The van der Waals surface area contributed by atoms with E-state index in [2.05, 4.69) is 10.1 Å². The Labute approximate surface area is 123 Å². The molecule has 21 heavy (non-hydrogen) atoms. The number of anilines is 1. The second kappa shape index (κ2) is 6.22. The fourth-order valence-electron chi connectivity index (χ4n) is 1.98. The summed E-state index contributed by atoms with van der Waals surface area (Å²) in [7, 11) is 1.33. The van der Waals surface area contributed by atoms with Crippen LogP contribution in [0.4, 0.5) is 5.69 Å². The minimum Gasteiger partial charge on any atom is -0.465 e. The predicted octanol–water partition coefficient (Wildman–Crippen LogP) is 3.34. The van der Waals surface area contributed by atoms with Gasteiger partial charge in [-0.05, 0) is 43.7 Å². The number of ether oxygens (including phenoxy) is 1. The molecule has 0 aliphatic heterocycles. The van der Waals surface area contributed by atoms with Crippen LogP contribution in [0.2, 0.25) is 0 Å². The Morgan fingerprint density at radius 2 is 1.76 bits per heavy atom. The second-order valence-electron chi connectivity index (χ2n) is 4.84. The van der Waals surface area contributed by atoms with Gasteiger partial charge in [-0.1, -0.05) is 23.8 Å². The fraction of sp³-hybridized carbons (Fsp3) is 0.176. The standard InChI is InChI=1S/C17H17NO3/c1-11-5-4-6-13(9-11)16(19)18-15-10-14(17(20)21-3)8-7-12(15)2/h4-10H,1-3H3,(H,18,19). The molecule has 4 nitrogen and oxygen atoms in total. The first kappa shape index (κ1) is 14.8. The average molecular weight is 283 g/mol. The molecule has 1 N–H and O–H groups in total. The summed E-state index contributed by atoms with van der Waals surface area (Å²) >= 11 is 0. The molecule has 0 spiro atoms. The maximum absolute atomic E-state index is 12.2. The molecule has 0 aliphatic carbocycles. The number of nitrogens with one attached hydrogen (secondary N) is 1. The van der Waals surface area contributed by atoms with Crippen LogP contribution in [-0.2, 0) is 4.74 Å². The molecule has 2 aromatic carbocycles. The number of benzene rings is 2. The van der Waals surface area contributed by atoms with E-state index in [0.29, 0.717) is 16.8 Å². The first-order valence-electron chi connectivity index (χ1n) is 6.58. The quantitative estimate of drug-likeness (QED) is 0.879. The minimum atomic E-state index is -0.430. The fourth-order valence-corrected chi connectivity index (χ4v) is 1.98. The van der Waals surface area contributed by atoms with E-state index in [1.807, 2.05) is 32.0 Å². The summed E-state index contributed by atoms with van der Waals surface area (Å²) < 4.78 is 4.68. The molecule has 2 rings (SSSR count). The average Bonchev–Trinajstić information content (AvgIpc) is 2.48. The van der Waals surface area contributed by atoms with Crippen LogP contribution in [0.1, 0.15) is 31.8 Å². The van der Waals surface area contributed by atoms with Gasteiger partial charge in [0.1, 0.15) is 0 Å². The van der Waals surface area contributed by atoms with Crippen LogP contribution in [0.3, 0.4) is 0 Å². The van der Waals surface area contributed by atoms with Crippen LogP contribution in [0.25, 0.3) is 0 Å². The minimum absolute atomic E-state index is 0.205. The molecule has 0 heterocycles. The molecule has 0 radical (unpaired) electrons. The first-order valence-corrected chi connectivity index (χ1v) is 6.58. The lowest BCUT2D eigenvalue weighted by molar-refractivity contribution is 0.0600. The summed E-state index contributed by atoms with van der Waals surface area (Å²) in [5, 5.41) is 2.83. The monoisotopic (exact) mass is 283 g/mol. The summed E-state index contributed by atoms with van der Waals surface area (Å²) in [6.07, 6.45) is 0. The summed E-state index contributed by atoms with van der Waals surface area (Å²) in [4.78, 5) is 23.8. The van der Waals surface area contributed by atoms with E-state index >= 15 is 0 Å². The number of hydrogen-bond donors (Lipinski definition) is 1. The van der Waals surface area contributed by atoms with Gasteiger partial charge in [-0.15, -0.1) is 0 Å². The molecule has 0 fully saturated rings. The van der Waals surface area contributed by atoms with E-state index < -0.39 is 5.97 Å². The molecule has 0 saturated heterocycles. The van der Waals surface area contributed by atoms with Crippen LogP contribution in [-0.4, -0.2) is 19.0 Å². The zero-order valence-corrected chi connectivity index (χ0v) is 12.3. The zero-order chi connectivity index (χ0) is 15.4. The summed E-state index contributed by atoms with van der Waals surface area (Å²) in [6.45, 7) is 3.80. The van der Waals surface area contributed by atoms with E-state index in [4.69, 9.17) is 0 Å². The van der Waals surface area contributed by atoms with E-state index in [9.17, 15) is 9.59 Å². The van der Waals surface area contributed by atoms with Gasteiger partial charge in [-0.25, -0.2) is 4.79 Å². The lowest BCUT2D eigenvalue weighted by Crippen LogP contribution is -2.13. The molecule has 2 aromatic rings. The highest BCUT2D eigenvalue weighted by Gasteiger charge is 2.11. The summed E-state index contributed by atoms with van der Waals surface area (Å²) in [5.41, 5.74) is 3.48. The van der Waals surface area contributed by atoms with Crippen LogP contribution in [0.5, 0.6) is 0 Å². The number of rotatable bonds is 3. The molecule has 1 amide bonds. The maximum atomic E-state index is 12.2. The normalized spacial score (nSPS) is 10.0. The summed E-state index contributed by atoms with van der Waals surface area (Å²) in [5.74, 6) is -0.634. The van der Waals surface area contributed by atoms with Crippen molar-refractivity contribution < 1.29 is 14.3 Å². The smallest absolute Gasteiger partial charge is 0.337 e. The number of carbonyl (C=O) groups is 2. The second-order valence-corrected chi connectivity index (χ2v) is 4.84. The predicted molar refractivity (Wildman–Crippen MR) is 81.7 cm³/mol. The Bertz CT molecular complexity index is 692. The first-order chi connectivity index (χ1) is 10.0. The van der Waals surface area contributed by atoms with Gasteiger partial charge < -0.3 is 10.1 Å². The van der Waals surface area contributed by atoms with E-state index in [1.54, 1.807) is 24.3 Å². The Morgan fingerprint density at radius 1 is 1.00 bits per heavy atom. The lowest BCUT2D eigenvalue weighted by Gasteiger charge is -2.10. The molecule has 0 aromatic heterocycles. The molecule has 0 aliphatic rings. The van der Waals surface area contributed by atoms with Crippen molar-refractivity contribution in [3.63, 3.8) is 0 Å². The van der Waals surface area contributed by atoms with Gasteiger partial charge >= 0.3 is 5.97 Å². The SMILES string of the molecule is COC(=O)c1ccc(C)c(NC(=O)c2cccc(C)c2)c1. The van der Waals surface area contributed by atoms with Crippen molar-refractivity contribution in [2.75, 3.05) is 12.4 Å². The molecule has 4 heteroatoms. The van der Waals surface area contributed by atoms with Gasteiger partial charge in [0.2, 0.25) is 0 Å². The number of hydrogen-bond acceptors (Lipinski definition) is 3. The highest BCUT2D eigenvalue weighted by atomic mass is 16.5. The number of esters is 1. The van der Waals surface area contributed by atoms with Crippen LogP contribution < -0.4 is 5.32 Å². The number of methoxy groups -OCH3 is 1. The Morgan fingerprint density at radius 3 is 2.43 bits per heavy atom. The van der Waals surface area contributed by atoms with Crippen LogP contribution >= 0.6 is 0 Å². The molecular weight excluding hydrogens is 266 g/mol. The van der Waals surface area contributed by atoms with E-state index in [1.165, 1.54) is 7.11 Å². The molecule has 0 unspecified atom stereocenters. The van der Waals surface area contributed by atoms with Crippen molar-refractivity contribution in [1.29, 1.82) is 0 Å². The van der Waals surface area contributed by atoms with Crippen LogP contribution in [0, 0.1) is 13.8 Å². The van der Waals surface area contributed by atoms with E-state index in [-0.39, 0.29) is 5.91 Å². The molecule has 0 atom stereocenters. The Balaban J connectivity index is 2.26. The van der Waals surface area contributed by atoms with Crippen molar-refractivity contribution in [3.05, 3.63) is 64.7 Å². The number of carbonyl (C=O) groups excluding carboxylic acids is 2. The lowest BCUT2D eigenvalue weighted by atomic mass is 10.1. The van der Waals surface area contributed by atoms with Crippen molar-refractivity contribution in [3.8, 4) is 0 Å². The Hall–Kier alpha value is -2.62. The zero-order valence-electron chi connectivity index (χ0n) is 12.3. The molecule has 0 saturated carbocycles. The number of amides is 1. The number of aryl methyl sites for hydroxylation is 2. The largest absolute Gasteiger partial charge is 0.465 e. The third-order valence-corrected chi connectivity index (χ3v) is 3.19. The van der Waals surface area contributed by atoms with Crippen molar-refractivity contribution in [1.82, 2.24) is 0 Å². The highest BCUT2D eigenvalue weighted by Crippen LogP contribution is 2.18. The van der Waals surface area contributed by atoms with Gasteiger partial charge in [0, 0.05) is 11.3 Å². The summed E-state index contributed by atoms with van der Waals surface area (Å²) in [6, 6.07) is 12.4. The van der Waals surface area contributed by atoms with Crippen molar-refractivity contribution in [2.24, 2.45) is 0 Å². The van der Waals surface area contributed by atoms with Gasteiger partial charge in [-0.3, -0.25) is 4.79 Å². The topological polar surface area (TPSA) is 55.4 Å². The van der Waals surface area contributed by atoms with Gasteiger partial charge in [0.25, 0.3) is 5.91 Å². The van der Waals surface area contributed by atoms with Gasteiger partial charge in [-0.2, -0.15) is 0 Å². The Kier molecular flexibility index (Phi) is 4.38. The van der Waals surface area contributed by atoms with Gasteiger partial charge in [0.15, 0.2) is 0 Å².